The van der Waals surface area contributed by atoms with E-state index in [4.69, 9.17) is 9.73 Å². The molecule has 0 aromatic heterocycles. The maximum absolute atomic E-state index is 12.6. The molecule has 4 heteroatoms. The van der Waals surface area contributed by atoms with Gasteiger partial charge in [0.15, 0.2) is 6.04 Å². The Morgan fingerprint density at radius 3 is 2.21 bits per heavy atom. The first-order chi connectivity index (χ1) is 11.6. The Morgan fingerprint density at radius 1 is 1.17 bits per heavy atom. The third-order valence-electron chi connectivity index (χ3n) is 6.33. The lowest BCUT2D eigenvalue weighted by Gasteiger charge is -2.58. The fourth-order valence-corrected chi connectivity index (χ4v) is 6.07. The number of methoxy groups -OCH3 is 1. The third-order valence-corrected chi connectivity index (χ3v) is 6.86. The maximum atomic E-state index is 12.6. The Hall–Kier alpha value is -1.16. The first-order valence-electron chi connectivity index (χ1n) is 8.94. The van der Waals surface area contributed by atoms with Crippen molar-refractivity contribution in [3.8, 4) is 0 Å². The summed E-state index contributed by atoms with van der Waals surface area (Å²) in [7, 11) is 1.49. The predicted octanol–water partition coefficient (Wildman–Crippen LogP) is 4.63. The summed E-state index contributed by atoms with van der Waals surface area (Å²) in [6.45, 7) is 0. The highest BCUT2D eigenvalue weighted by Gasteiger charge is 2.56. The molecule has 0 amide bonds. The van der Waals surface area contributed by atoms with Crippen LogP contribution in [0.5, 0.6) is 0 Å². The van der Waals surface area contributed by atoms with E-state index < -0.39 is 0 Å². The second-order valence-electron chi connectivity index (χ2n) is 8.04. The van der Waals surface area contributed by atoms with Gasteiger partial charge in [0.1, 0.15) is 0 Å². The smallest absolute Gasteiger partial charge is 0.331 e. The van der Waals surface area contributed by atoms with Crippen LogP contribution in [-0.4, -0.2) is 25.3 Å². The molecule has 4 fully saturated rings. The number of halogens is 1. The molecule has 1 aromatic carbocycles. The molecule has 0 spiro atoms. The number of esters is 1. The van der Waals surface area contributed by atoms with Gasteiger partial charge in [0.25, 0.3) is 0 Å². The Morgan fingerprint density at radius 2 is 1.71 bits per heavy atom. The Kier molecular flexibility index (Phi) is 4.27. The highest BCUT2D eigenvalue weighted by molar-refractivity contribution is 9.10. The van der Waals surface area contributed by atoms with Crippen molar-refractivity contribution in [3.63, 3.8) is 0 Å². The van der Waals surface area contributed by atoms with E-state index in [0.29, 0.717) is 0 Å². The molecule has 0 radical (unpaired) electrons. The van der Waals surface area contributed by atoms with Crippen LogP contribution in [0.15, 0.2) is 33.7 Å². The van der Waals surface area contributed by atoms with Crippen LogP contribution in [0.1, 0.15) is 44.1 Å². The molecule has 1 atom stereocenters. The molecule has 128 valence electrons. The zero-order chi connectivity index (χ0) is 16.7. The van der Waals surface area contributed by atoms with Gasteiger partial charge in [-0.3, -0.25) is 4.99 Å². The molecule has 0 heterocycles. The van der Waals surface area contributed by atoms with E-state index in [1.807, 2.05) is 30.5 Å². The summed E-state index contributed by atoms with van der Waals surface area (Å²) in [5.74, 6) is 2.23. The minimum Gasteiger partial charge on any atom is -0.467 e. The first kappa shape index (κ1) is 16.3. The number of ether oxygens (including phenoxy) is 1. The van der Waals surface area contributed by atoms with Gasteiger partial charge in [-0.25, -0.2) is 4.79 Å². The number of hydrogen-bond acceptors (Lipinski definition) is 3. The number of aliphatic imine (C=N–C) groups is 1. The van der Waals surface area contributed by atoms with E-state index in [1.165, 1.54) is 26.4 Å². The molecule has 4 aliphatic carbocycles. The van der Waals surface area contributed by atoms with E-state index in [0.717, 1.165) is 47.1 Å². The third kappa shape index (κ3) is 2.94. The van der Waals surface area contributed by atoms with Crippen LogP contribution in [0.3, 0.4) is 0 Å². The Bertz CT molecular complexity index is 617. The second-order valence-corrected chi connectivity index (χ2v) is 8.95. The van der Waals surface area contributed by atoms with E-state index in [1.54, 1.807) is 0 Å². The first-order valence-corrected chi connectivity index (χ1v) is 9.74. The minimum absolute atomic E-state index is 0.0354. The van der Waals surface area contributed by atoms with Crippen molar-refractivity contribution in [1.82, 2.24) is 0 Å². The number of rotatable bonds is 4. The van der Waals surface area contributed by atoms with Crippen molar-refractivity contribution < 1.29 is 9.53 Å². The van der Waals surface area contributed by atoms with Crippen LogP contribution in [-0.2, 0) is 9.53 Å². The van der Waals surface area contributed by atoms with Crippen LogP contribution in [0.4, 0.5) is 0 Å². The van der Waals surface area contributed by atoms with Crippen LogP contribution in [0.25, 0.3) is 0 Å². The van der Waals surface area contributed by atoms with E-state index in [2.05, 4.69) is 15.9 Å². The van der Waals surface area contributed by atoms with Crippen LogP contribution >= 0.6 is 15.9 Å². The molecule has 4 bridgehead atoms. The average molecular weight is 390 g/mol. The zero-order valence-corrected chi connectivity index (χ0v) is 15.7. The lowest BCUT2D eigenvalue weighted by molar-refractivity contribution is -0.152. The summed E-state index contributed by atoms with van der Waals surface area (Å²) >= 11 is 3.45. The van der Waals surface area contributed by atoms with E-state index in [9.17, 15) is 4.79 Å². The fraction of sp³-hybridized carbons (Fsp3) is 0.600. The lowest BCUT2D eigenvalue weighted by atomic mass is 9.47. The fourth-order valence-electron chi connectivity index (χ4n) is 5.80. The molecule has 5 rings (SSSR count). The molecule has 0 aliphatic heterocycles. The number of carbonyl (C=O) groups is 1. The minimum atomic E-state index is -0.348. The molecule has 24 heavy (non-hydrogen) atoms. The summed E-state index contributed by atoms with van der Waals surface area (Å²) in [5, 5.41) is 0. The van der Waals surface area contributed by atoms with Gasteiger partial charge in [0.2, 0.25) is 0 Å². The number of benzene rings is 1. The molecule has 0 unspecified atom stereocenters. The molecule has 4 aliphatic rings. The van der Waals surface area contributed by atoms with E-state index >= 15 is 0 Å². The Labute approximate surface area is 152 Å². The van der Waals surface area contributed by atoms with Gasteiger partial charge in [0, 0.05) is 16.1 Å². The number of nitrogens with zero attached hydrogens (tertiary/aromatic N) is 1. The standard InChI is InChI=1S/C20H24BrNO2/c1-24-19(23)18(22-12-13-2-4-17(21)5-3-13)20-9-14-6-15(10-20)8-16(7-14)11-20/h2-5,12,14-16,18H,6-11H2,1H3/t14?,15?,16?,18-,20?/m1/s1. The molecular formula is C20H24BrNO2. The van der Waals surface area contributed by atoms with E-state index in [-0.39, 0.29) is 17.4 Å². The molecule has 0 saturated heterocycles. The summed E-state index contributed by atoms with van der Waals surface area (Å²) in [6, 6.07) is 7.68. The summed E-state index contributed by atoms with van der Waals surface area (Å²) < 4.78 is 6.20. The number of hydrogen-bond donors (Lipinski definition) is 0. The summed E-state index contributed by atoms with van der Waals surface area (Å²) in [4.78, 5) is 17.3. The van der Waals surface area contributed by atoms with Crippen molar-refractivity contribution >= 4 is 28.1 Å². The van der Waals surface area contributed by atoms with Gasteiger partial charge >= 0.3 is 5.97 Å². The zero-order valence-electron chi connectivity index (χ0n) is 14.1. The molecule has 0 N–H and O–H groups in total. The topological polar surface area (TPSA) is 38.7 Å². The van der Waals surface area contributed by atoms with Gasteiger partial charge in [-0.15, -0.1) is 0 Å². The average Bonchev–Trinajstić information content (AvgIpc) is 2.55. The second kappa shape index (κ2) is 6.29. The van der Waals surface area contributed by atoms with Gasteiger partial charge in [-0.1, -0.05) is 28.1 Å². The van der Waals surface area contributed by atoms with Gasteiger partial charge < -0.3 is 4.74 Å². The van der Waals surface area contributed by atoms with Gasteiger partial charge in [-0.05, 0) is 74.0 Å². The van der Waals surface area contributed by atoms with Crippen molar-refractivity contribution in [3.05, 3.63) is 34.3 Å². The monoisotopic (exact) mass is 389 g/mol. The SMILES string of the molecule is COC(=O)[C@@H](N=Cc1ccc(Br)cc1)C12CC3CC(CC(C3)C1)C2. The van der Waals surface area contributed by atoms with Crippen LogP contribution < -0.4 is 0 Å². The summed E-state index contributed by atoms with van der Waals surface area (Å²) in [5.41, 5.74) is 1.06. The Balaban J connectivity index is 1.62. The van der Waals surface area contributed by atoms with Gasteiger partial charge in [-0.2, -0.15) is 0 Å². The van der Waals surface area contributed by atoms with Crippen LogP contribution in [0, 0.1) is 23.2 Å². The largest absolute Gasteiger partial charge is 0.467 e. The van der Waals surface area contributed by atoms with Crippen molar-refractivity contribution in [1.29, 1.82) is 0 Å². The highest BCUT2D eigenvalue weighted by Crippen LogP contribution is 2.61. The normalized spacial score (nSPS) is 35.3. The molecule has 3 nitrogen and oxygen atoms in total. The van der Waals surface area contributed by atoms with Gasteiger partial charge in [0.05, 0.1) is 7.11 Å². The molecule has 1 aromatic rings. The maximum Gasteiger partial charge on any atom is 0.331 e. The van der Waals surface area contributed by atoms with Crippen molar-refractivity contribution in [2.24, 2.45) is 28.2 Å². The quantitative estimate of drug-likeness (QED) is 0.556. The predicted molar refractivity (Wildman–Crippen MR) is 98.1 cm³/mol. The lowest BCUT2D eigenvalue weighted by Crippen LogP contribution is -2.53. The highest BCUT2D eigenvalue weighted by atomic mass is 79.9. The van der Waals surface area contributed by atoms with Crippen molar-refractivity contribution in [2.75, 3.05) is 7.11 Å². The number of carbonyl (C=O) groups excluding carboxylic acids is 1. The van der Waals surface area contributed by atoms with Crippen molar-refractivity contribution in [2.45, 2.75) is 44.6 Å². The molecule has 4 saturated carbocycles. The summed E-state index contributed by atoms with van der Waals surface area (Å²) in [6.07, 6.45) is 9.40. The van der Waals surface area contributed by atoms with Crippen LogP contribution in [0.2, 0.25) is 0 Å². The molecular weight excluding hydrogens is 366 g/mol.